The Hall–Kier alpha value is -0.620. The number of amides is 1. The minimum atomic E-state index is -0.673. The zero-order chi connectivity index (χ0) is 13.2. The van der Waals surface area contributed by atoms with E-state index in [-0.39, 0.29) is 5.91 Å². The van der Waals surface area contributed by atoms with Crippen molar-refractivity contribution in [2.24, 2.45) is 0 Å². The Morgan fingerprint density at radius 1 is 1.33 bits per heavy atom. The molecule has 1 aromatic carbocycles. The minimum absolute atomic E-state index is 0.0216. The van der Waals surface area contributed by atoms with E-state index in [0.717, 1.165) is 29.3 Å². The van der Waals surface area contributed by atoms with Crippen molar-refractivity contribution >= 4 is 28.5 Å². The lowest BCUT2D eigenvalue weighted by Gasteiger charge is -2.28. The van der Waals surface area contributed by atoms with Crippen molar-refractivity contribution in [2.75, 3.05) is 13.6 Å². The molecular formula is C14H18INO2. The molecule has 0 spiro atoms. The molecule has 1 aliphatic rings. The molecule has 0 unspecified atom stereocenters. The van der Waals surface area contributed by atoms with Crippen LogP contribution in [-0.4, -0.2) is 35.1 Å². The van der Waals surface area contributed by atoms with Crippen LogP contribution in [0.2, 0.25) is 0 Å². The maximum absolute atomic E-state index is 12.2. The Morgan fingerprint density at radius 3 is 2.44 bits per heavy atom. The van der Waals surface area contributed by atoms with Crippen molar-refractivity contribution in [3.8, 4) is 0 Å². The lowest BCUT2D eigenvalue weighted by atomic mass is 10.0. The van der Waals surface area contributed by atoms with Gasteiger partial charge in [0.2, 0.25) is 0 Å². The third-order valence-electron chi connectivity index (χ3n) is 3.50. The lowest BCUT2D eigenvalue weighted by molar-refractivity contribution is 0.0157. The number of aliphatic hydroxyl groups is 1. The summed E-state index contributed by atoms with van der Waals surface area (Å²) in [4.78, 5) is 13.8. The smallest absolute Gasteiger partial charge is 0.253 e. The number of benzene rings is 1. The quantitative estimate of drug-likeness (QED) is 0.843. The molecule has 0 aliphatic heterocycles. The fourth-order valence-corrected chi connectivity index (χ4v) is 2.88. The Bertz CT molecular complexity index is 424. The highest BCUT2D eigenvalue weighted by atomic mass is 127. The number of nitrogens with zero attached hydrogens (tertiary/aromatic N) is 1. The lowest BCUT2D eigenvalue weighted by Crippen LogP contribution is -2.42. The highest BCUT2D eigenvalue weighted by Gasteiger charge is 2.33. The van der Waals surface area contributed by atoms with Crippen LogP contribution in [0.15, 0.2) is 24.3 Å². The van der Waals surface area contributed by atoms with Crippen LogP contribution < -0.4 is 0 Å². The number of carbonyl (C=O) groups excluding carboxylic acids is 1. The van der Waals surface area contributed by atoms with Gasteiger partial charge in [0.05, 0.1) is 5.60 Å². The SMILES string of the molecule is CN(CC1(O)CCCC1)C(=O)c1ccc(I)cc1. The molecule has 0 aromatic heterocycles. The van der Waals surface area contributed by atoms with E-state index in [9.17, 15) is 9.90 Å². The van der Waals surface area contributed by atoms with Crippen LogP contribution in [0.1, 0.15) is 36.0 Å². The Labute approximate surface area is 121 Å². The molecule has 2 rings (SSSR count). The van der Waals surface area contributed by atoms with Crippen molar-refractivity contribution in [1.82, 2.24) is 4.90 Å². The van der Waals surface area contributed by atoms with Gasteiger partial charge in [-0.05, 0) is 59.7 Å². The summed E-state index contributed by atoms with van der Waals surface area (Å²) in [7, 11) is 1.76. The monoisotopic (exact) mass is 359 g/mol. The molecule has 0 bridgehead atoms. The van der Waals surface area contributed by atoms with Crippen LogP contribution in [0.3, 0.4) is 0 Å². The molecule has 0 radical (unpaired) electrons. The van der Waals surface area contributed by atoms with Gasteiger partial charge in [-0.3, -0.25) is 4.79 Å². The average molecular weight is 359 g/mol. The molecule has 1 amide bonds. The van der Waals surface area contributed by atoms with Crippen LogP contribution in [-0.2, 0) is 0 Å². The van der Waals surface area contributed by atoms with E-state index in [1.807, 2.05) is 24.3 Å². The first-order valence-electron chi connectivity index (χ1n) is 6.24. The molecule has 3 nitrogen and oxygen atoms in total. The number of carbonyl (C=O) groups is 1. The highest BCUT2D eigenvalue weighted by molar-refractivity contribution is 14.1. The van der Waals surface area contributed by atoms with Gasteiger partial charge in [-0.25, -0.2) is 0 Å². The summed E-state index contributed by atoms with van der Waals surface area (Å²) in [6.45, 7) is 0.428. The van der Waals surface area contributed by atoms with Crippen molar-refractivity contribution < 1.29 is 9.90 Å². The minimum Gasteiger partial charge on any atom is -0.388 e. The Kier molecular flexibility index (Phi) is 4.27. The molecule has 4 heteroatoms. The van der Waals surface area contributed by atoms with Crippen molar-refractivity contribution in [3.05, 3.63) is 33.4 Å². The Balaban J connectivity index is 2.02. The Morgan fingerprint density at radius 2 is 1.89 bits per heavy atom. The summed E-state index contributed by atoms with van der Waals surface area (Å²) in [6.07, 6.45) is 3.72. The standard InChI is InChI=1S/C14H18INO2/c1-16(10-14(18)8-2-3-9-14)13(17)11-4-6-12(15)7-5-11/h4-7,18H,2-3,8-10H2,1H3. The number of likely N-dealkylation sites (N-methyl/N-ethyl adjacent to an activating group) is 1. The fraction of sp³-hybridized carbons (Fsp3) is 0.500. The van der Waals surface area contributed by atoms with Gasteiger partial charge in [0.25, 0.3) is 5.91 Å². The molecule has 0 saturated heterocycles. The molecule has 98 valence electrons. The highest BCUT2D eigenvalue weighted by Crippen LogP contribution is 2.30. The van der Waals surface area contributed by atoms with E-state index in [1.165, 1.54) is 0 Å². The molecule has 1 aliphatic carbocycles. The molecule has 1 N–H and O–H groups in total. The van der Waals surface area contributed by atoms with Gasteiger partial charge in [-0.2, -0.15) is 0 Å². The molecule has 1 aromatic rings. The molecule has 1 fully saturated rings. The van der Waals surface area contributed by atoms with Gasteiger partial charge < -0.3 is 10.0 Å². The summed E-state index contributed by atoms with van der Waals surface area (Å²) in [5.74, 6) is -0.0216. The predicted molar refractivity (Wildman–Crippen MR) is 79.5 cm³/mol. The fourth-order valence-electron chi connectivity index (χ4n) is 2.52. The van der Waals surface area contributed by atoms with Crippen LogP contribution >= 0.6 is 22.6 Å². The molecule has 0 heterocycles. The van der Waals surface area contributed by atoms with E-state index in [0.29, 0.717) is 12.1 Å². The van der Waals surface area contributed by atoms with Gasteiger partial charge in [-0.15, -0.1) is 0 Å². The van der Waals surface area contributed by atoms with Gasteiger partial charge in [0.1, 0.15) is 0 Å². The van der Waals surface area contributed by atoms with Crippen molar-refractivity contribution in [1.29, 1.82) is 0 Å². The van der Waals surface area contributed by atoms with Gasteiger partial charge in [0, 0.05) is 22.7 Å². The largest absolute Gasteiger partial charge is 0.388 e. The van der Waals surface area contributed by atoms with E-state index >= 15 is 0 Å². The van der Waals surface area contributed by atoms with Gasteiger partial charge in [0.15, 0.2) is 0 Å². The number of halogens is 1. The summed E-state index contributed by atoms with van der Waals surface area (Å²) in [5.41, 5.74) is 0.00710. The second kappa shape index (κ2) is 5.57. The van der Waals surface area contributed by atoms with E-state index < -0.39 is 5.60 Å². The van der Waals surface area contributed by atoms with E-state index in [4.69, 9.17) is 0 Å². The van der Waals surface area contributed by atoms with Gasteiger partial charge >= 0.3 is 0 Å². The zero-order valence-electron chi connectivity index (χ0n) is 10.5. The third-order valence-corrected chi connectivity index (χ3v) is 4.22. The van der Waals surface area contributed by atoms with Crippen molar-refractivity contribution in [3.63, 3.8) is 0 Å². The zero-order valence-corrected chi connectivity index (χ0v) is 12.7. The van der Waals surface area contributed by atoms with E-state index in [2.05, 4.69) is 22.6 Å². The number of rotatable bonds is 3. The maximum Gasteiger partial charge on any atom is 0.253 e. The first kappa shape index (κ1) is 13.8. The predicted octanol–water partition coefficient (Wildman–Crippen LogP) is 2.67. The molecule has 18 heavy (non-hydrogen) atoms. The van der Waals surface area contributed by atoms with E-state index in [1.54, 1.807) is 11.9 Å². The topological polar surface area (TPSA) is 40.5 Å². The second-order valence-electron chi connectivity index (χ2n) is 5.10. The molecule has 1 saturated carbocycles. The summed E-state index contributed by atoms with van der Waals surface area (Å²) >= 11 is 2.21. The second-order valence-corrected chi connectivity index (χ2v) is 6.35. The first-order valence-corrected chi connectivity index (χ1v) is 7.31. The third kappa shape index (κ3) is 3.23. The number of hydrogen-bond acceptors (Lipinski definition) is 2. The summed E-state index contributed by atoms with van der Waals surface area (Å²) < 4.78 is 1.11. The summed E-state index contributed by atoms with van der Waals surface area (Å²) in [5, 5.41) is 10.3. The van der Waals surface area contributed by atoms with Crippen molar-refractivity contribution in [2.45, 2.75) is 31.3 Å². The maximum atomic E-state index is 12.2. The average Bonchev–Trinajstić information content (AvgIpc) is 2.76. The van der Waals surface area contributed by atoms with Crippen LogP contribution in [0.25, 0.3) is 0 Å². The summed E-state index contributed by atoms with van der Waals surface area (Å²) in [6, 6.07) is 7.51. The normalized spacial score (nSPS) is 17.7. The van der Waals surface area contributed by atoms with Crippen LogP contribution in [0.4, 0.5) is 0 Å². The van der Waals surface area contributed by atoms with Gasteiger partial charge in [-0.1, -0.05) is 12.8 Å². The molecule has 0 atom stereocenters. The van der Waals surface area contributed by atoms with Crippen LogP contribution in [0.5, 0.6) is 0 Å². The first-order chi connectivity index (χ1) is 8.50. The molecular weight excluding hydrogens is 341 g/mol. The van der Waals surface area contributed by atoms with Crippen LogP contribution in [0, 0.1) is 3.57 Å². The number of hydrogen-bond donors (Lipinski definition) is 1.